The first-order chi connectivity index (χ1) is 40.0. The zero-order valence-corrected chi connectivity index (χ0v) is 49.3. The molecule has 0 saturated carbocycles. The largest absolute Gasteiger partial charge is 0.530 e. The van der Waals surface area contributed by atoms with E-state index in [-0.39, 0.29) is 0 Å². The molecule has 0 radical (unpaired) electrons. The van der Waals surface area contributed by atoms with Gasteiger partial charge in [0, 0.05) is 78.5 Å². The van der Waals surface area contributed by atoms with E-state index in [9.17, 15) is 39.6 Å². The fourth-order valence-corrected chi connectivity index (χ4v) is 11.1. The maximum atomic E-state index is 12.0. The Hall–Kier alpha value is -6.20. The number of carbonyl (C=O) groups excluding carboxylic acids is 4. The van der Waals surface area contributed by atoms with Crippen LogP contribution in [0.4, 0.5) is 19.2 Å². The predicted molar refractivity (Wildman–Crippen MR) is 318 cm³/mol. The lowest BCUT2D eigenvalue weighted by atomic mass is 10.1. The quantitative estimate of drug-likeness (QED) is 0.0407. The molecule has 0 unspecified atom stereocenters. The summed E-state index contributed by atoms with van der Waals surface area (Å²) in [5.41, 5.74) is 3.83. The number of carboxylic acid groups (broad SMARTS) is 4. The van der Waals surface area contributed by atoms with Gasteiger partial charge in [-0.05, 0) is 139 Å². The molecule has 4 aromatic rings. The molecule has 82 heavy (non-hydrogen) atoms. The lowest BCUT2D eigenvalue weighted by Crippen LogP contribution is -2.42. The van der Waals surface area contributed by atoms with Gasteiger partial charge in [-0.15, -0.1) is 0 Å². The number of hydrogen-bond acceptors (Lipinski definition) is 12. The highest BCUT2D eigenvalue weighted by molar-refractivity contribution is 5.63. The van der Waals surface area contributed by atoms with Gasteiger partial charge in [0.1, 0.15) is 24.4 Å². The van der Waals surface area contributed by atoms with Gasteiger partial charge < -0.3 is 78.8 Å². The summed E-state index contributed by atoms with van der Waals surface area (Å²) in [5, 5.41) is 48.0. The van der Waals surface area contributed by atoms with Gasteiger partial charge >= 0.3 is 0 Å². The highest BCUT2D eigenvalue weighted by Crippen LogP contribution is 2.15. The van der Waals surface area contributed by atoms with Crippen molar-refractivity contribution in [1.82, 2.24) is 39.2 Å². The lowest BCUT2D eigenvalue weighted by molar-refractivity contribution is -0.267. The van der Waals surface area contributed by atoms with Gasteiger partial charge in [-0.25, -0.2) is 0 Å². The molecular weight excluding hydrogens is 1030 g/mol. The van der Waals surface area contributed by atoms with Crippen molar-refractivity contribution < 1.29 is 39.6 Å². The molecule has 1 aliphatic heterocycles. The number of benzene rings is 4. The van der Waals surface area contributed by atoms with E-state index in [1.165, 1.54) is 19.6 Å². The minimum atomic E-state index is -1.13. The van der Waals surface area contributed by atoms with Crippen LogP contribution in [-0.2, 0) is 26.2 Å². The van der Waals surface area contributed by atoms with Crippen LogP contribution in [0.2, 0.25) is 0 Å². The average molecular weight is 1130 g/mol. The Morgan fingerprint density at radius 1 is 0.280 bits per heavy atom. The van der Waals surface area contributed by atoms with E-state index in [2.05, 4.69) is 19.6 Å². The summed E-state index contributed by atoms with van der Waals surface area (Å²) in [6.07, 6.45) is 12.8. The zero-order chi connectivity index (χ0) is 58.2. The molecule has 0 N–H and O–H groups in total. The molecule has 0 aliphatic carbocycles. The van der Waals surface area contributed by atoms with Crippen LogP contribution in [0.15, 0.2) is 121 Å². The van der Waals surface area contributed by atoms with E-state index in [4.69, 9.17) is 0 Å². The van der Waals surface area contributed by atoms with Crippen molar-refractivity contribution in [3.63, 3.8) is 0 Å². The highest BCUT2D eigenvalue weighted by atomic mass is 16.4. The second kappa shape index (κ2) is 40.9. The fourth-order valence-electron chi connectivity index (χ4n) is 11.1. The third kappa shape index (κ3) is 29.2. The van der Waals surface area contributed by atoms with Crippen molar-refractivity contribution in [2.45, 2.75) is 142 Å². The Balaban J connectivity index is 1.17. The third-order valence-corrected chi connectivity index (χ3v) is 15.9. The lowest BCUT2D eigenvalue weighted by Gasteiger charge is -2.32. The van der Waals surface area contributed by atoms with Gasteiger partial charge in [-0.2, -0.15) is 0 Å². The summed E-state index contributed by atoms with van der Waals surface area (Å²) in [6.45, 7) is 14.9. The van der Waals surface area contributed by atoms with Crippen LogP contribution in [0.1, 0.15) is 138 Å². The summed E-state index contributed by atoms with van der Waals surface area (Å²) < 4.78 is 0. The van der Waals surface area contributed by atoms with Gasteiger partial charge in [0.2, 0.25) is 0 Å². The van der Waals surface area contributed by atoms with Crippen molar-refractivity contribution in [2.24, 2.45) is 0 Å². The SMILES string of the molecule is O=C([O-])N(CCCCCCN1CCCN(CCCCCCN(Cc2ccccc2)C(=O)[O-])CCN(CCCCCCN(Cc2ccccc2)C(=O)[O-])CCCN(CCCCCCN(Cc2ccccc2)C(=O)[O-])CC1)Cc1ccccc1. The number of unbranched alkanes of at least 4 members (excludes halogenated alkanes) is 12. The van der Waals surface area contributed by atoms with Crippen molar-refractivity contribution in [1.29, 1.82) is 0 Å². The predicted octanol–water partition coefficient (Wildman–Crippen LogP) is 7.61. The Labute approximate surface area is 491 Å². The van der Waals surface area contributed by atoms with E-state index in [0.717, 1.165) is 216 Å². The van der Waals surface area contributed by atoms with Crippen LogP contribution in [-0.4, -0.2) is 168 Å². The first-order valence-corrected chi connectivity index (χ1v) is 30.9. The third-order valence-electron chi connectivity index (χ3n) is 15.9. The number of rotatable bonds is 36. The monoisotopic (exact) mass is 1130 g/mol. The second-order valence-electron chi connectivity index (χ2n) is 22.4. The van der Waals surface area contributed by atoms with E-state index in [1.807, 2.05) is 121 Å². The maximum absolute atomic E-state index is 12.0. The van der Waals surface area contributed by atoms with Crippen LogP contribution in [0.3, 0.4) is 0 Å². The number of carbonyl (C=O) groups is 4. The molecule has 4 aromatic carbocycles. The van der Waals surface area contributed by atoms with Crippen LogP contribution >= 0.6 is 0 Å². The molecule has 4 amide bonds. The molecule has 452 valence electrons. The van der Waals surface area contributed by atoms with Gasteiger partial charge in [0.15, 0.2) is 0 Å². The topological polar surface area (TPSA) is 186 Å². The standard InChI is InChI=1S/C66H100N8O8/c75-63(76)71(55-59-31-13-9-14-32-59)47-25-5-1-21-39-67-43-29-44-69(41-23-3-7-27-49-73(65(79)80)57-61-35-17-11-18-36-61)53-54-70(42-24-4-8-28-50-74(66(81)82)58-62-37-19-12-20-38-62)46-30-45-68(52-51-67)40-22-2-6-26-48-72(64(77)78)56-60-33-15-10-16-34-60/h9-20,31-38H,1-8,21-30,39-58H2,(H,75,76)(H,77,78)(H,79,80)(H,81,82)/p-4. The highest BCUT2D eigenvalue weighted by Gasteiger charge is 2.17. The van der Waals surface area contributed by atoms with Crippen molar-refractivity contribution >= 4 is 24.4 Å². The molecule has 0 spiro atoms. The molecular formula is C66H96N8O8-4. The zero-order valence-electron chi connectivity index (χ0n) is 49.3. The van der Waals surface area contributed by atoms with E-state index in [1.54, 1.807) is 0 Å². The minimum absolute atomic E-state index is 0.335. The average Bonchev–Trinajstić information content (AvgIpc) is 3.49. The Bertz CT molecular complexity index is 1980. The number of amides is 4. The summed E-state index contributed by atoms with van der Waals surface area (Å²) >= 11 is 0. The molecule has 1 heterocycles. The van der Waals surface area contributed by atoms with E-state index >= 15 is 0 Å². The Morgan fingerprint density at radius 2 is 0.476 bits per heavy atom. The molecule has 5 rings (SSSR count). The van der Waals surface area contributed by atoms with E-state index < -0.39 is 24.4 Å². The first kappa shape index (κ1) is 66.6. The Kier molecular flexibility index (Phi) is 33.2. The van der Waals surface area contributed by atoms with Crippen molar-refractivity contribution in [2.75, 3.05) is 105 Å². The second-order valence-corrected chi connectivity index (χ2v) is 22.4. The van der Waals surface area contributed by atoms with Gasteiger partial charge in [0.05, 0.1) is 0 Å². The van der Waals surface area contributed by atoms with Crippen LogP contribution in [0.25, 0.3) is 0 Å². The fraction of sp³-hybridized carbons (Fsp3) is 0.576. The van der Waals surface area contributed by atoms with Gasteiger partial charge in [0.25, 0.3) is 0 Å². The molecule has 16 heteroatoms. The molecule has 16 nitrogen and oxygen atoms in total. The minimum Gasteiger partial charge on any atom is -0.530 e. The van der Waals surface area contributed by atoms with Crippen LogP contribution in [0.5, 0.6) is 0 Å². The summed E-state index contributed by atoms with van der Waals surface area (Å²) in [7, 11) is 0. The Morgan fingerprint density at radius 3 is 0.671 bits per heavy atom. The van der Waals surface area contributed by atoms with Crippen LogP contribution in [0, 0.1) is 0 Å². The summed E-state index contributed by atoms with van der Waals surface area (Å²) in [4.78, 5) is 64.2. The first-order valence-electron chi connectivity index (χ1n) is 30.9. The molecule has 1 fully saturated rings. The molecule has 1 saturated heterocycles. The van der Waals surface area contributed by atoms with Crippen LogP contribution < -0.4 is 20.4 Å². The summed E-state index contributed by atoms with van der Waals surface area (Å²) in [5.74, 6) is 0. The van der Waals surface area contributed by atoms with Crippen molar-refractivity contribution in [3.05, 3.63) is 144 Å². The molecule has 0 atom stereocenters. The smallest absolute Gasteiger partial charge is 0.137 e. The summed E-state index contributed by atoms with van der Waals surface area (Å²) in [6, 6.07) is 38.7. The maximum Gasteiger partial charge on any atom is 0.137 e. The number of nitrogens with zero attached hydrogens (tertiary/aromatic N) is 8. The number of hydrogen-bond donors (Lipinski definition) is 0. The van der Waals surface area contributed by atoms with Gasteiger partial charge in [-0.3, -0.25) is 0 Å². The normalized spacial score (nSPS) is 14.4. The molecule has 0 aromatic heterocycles. The van der Waals surface area contributed by atoms with Crippen molar-refractivity contribution in [3.8, 4) is 0 Å². The molecule has 0 bridgehead atoms. The van der Waals surface area contributed by atoms with Gasteiger partial charge in [-0.1, -0.05) is 173 Å². The molecule has 1 aliphatic rings. The van der Waals surface area contributed by atoms with E-state index in [0.29, 0.717) is 52.4 Å².